The Balaban J connectivity index is 1.78. The van der Waals surface area contributed by atoms with Crippen molar-refractivity contribution < 1.29 is 19.4 Å². The third-order valence-corrected chi connectivity index (χ3v) is 4.10. The van der Waals surface area contributed by atoms with Crippen molar-refractivity contribution in [3.05, 3.63) is 0 Å². The van der Waals surface area contributed by atoms with Gasteiger partial charge in [-0.05, 0) is 39.0 Å². The number of carbonyl (C=O) groups excluding carboxylic acids is 1. The van der Waals surface area contributed by atoms with E-state index in [0.29, 0.717) is 5.92 Å². The Morgan fingerprint density at radius 1 is 1.42 bits per heavy atom. The molecule has 0 radical (unpaired) electrons. The molecule has 19 heavy (non-hydrogen) atoms. The van der Waals surface area contributed by atoms with E-state index in [1.165, 1.54) is 0 Å². The first-order valence-corrected chi connectivity index (χ1v) is 6.83. The SMILES string of the molecule is CC(CC(=O)O)C1CC12CN(C(=O)OC(C)(C)C)C2. The molecule has 1 spiro atoms. The summed E-state index contributed by atoms with van der Waals surface area (Å²) in [6.45, 7) is 9.00. The minimum atomic E-state index is -0.738. The van der Waals surface area contributed by atoms with Crippen LogP contribution in [-0.2, 0) is 9.53 Å². The number of nitrogens with zero attached hydrogens (tertiary/aromatic N) is 1. The van der Waals surface area contributed by atoms with E-state index in [9.17, 15) is 9.59 Å². The molecule has 0 aromatic carbocycles. The topological polar surface area (TPSA) is 66.8 Å². The average molecular weight is 269 g/mol. The normalized spacial score (nSPS) is 25.7. The first kappa shape index (κ1) is 14.2. The van der Waals surface area contributed by atoms with Crippen molar-refractivity contribution in [1.29, 1.82) is 0 Å². The second-order valence-electron chi connectivity index (χ2n) is 7.08. The van der Waals surface area contributed by atoms with E-state index in [-0.39, 0.29) is 23.8 Å². The van der Waals surface area contributed by atoms with Crippen LogP contribution in [0.1, 0.15) is 40.5 Å². The van der Waals surface area contributed by atoms with E-state index < -0.39 is 11.6 Å². The molecule has 1 amide bonds. The summed E-state index contributed by atoms with van der Waals surface area (Å²) in [5.41, 5.74) is -0.273. The lowest BCUT2D eigenvalue weighted by atomic mass is 9.88. The summed E-state index contributed by atoms with van der Waals surface area (Å²) < 4.78 is 5.32. The minimum Gasteiger partial charge on any atom is -0.481 e. The summed E-state index contributed by atoms with van der Waals surface area (Å²) in [5.74, 6) is -0.0987. The van der Waals surface area contributed by atoms with E-state index in [1.54, 1.807) is 4.90 Å². The molecule has 1 N–H and O–H groups in total. The molecule has 1 aliphatic carbocycles. The Hall–Kier alpha value is -1.26. The summed E-state index contributed by atoms with van der Waals surface area (Å²) in [7, 11) is 0. The summed E-state index contributed by atoms with van der Waals surface area (Å²) in [6, 6.07) is 0. The molecular weight excluding hydrogens is 246 g/mol. The van der Waals surface area contributed by atoms with E-state index in [1.807, 2.05) is 27.7 Å². The molecule has 2 fully saturated rings. The van der Waals surface area contributed by atoms with Crippen molar-refractivity contribution in [2.45, 2.75) is 46.1 Å². The van der Waals surface area contributed by atoms with Crippen LogP contribution in [-0.4, -0.2) is 40.8 Å². The smallest absolute Gasteiger partial charge is 0.410 e. The van der Waals surface area contributed by atoms with E-state index in [4.69, 9.17) is 9.84 Å². The zero-order valence-corrected chi connectivity index (χ0v) is 12.1. The Morgan fingerprint density at radius 3 is 2.47 bits per heavy atom. The van der Waals surface area contributed by atoms with Crippen LogP contribution in [0.5, 0.6) is 0 Å². The van der Waals surface area contributed by atoms with Crippen LogP contribution >= 0.6 is 0 Å². The van der Waals surface area contributed by atoms with Gasteiger partial charge in [-0.25, -0.2) is 4.79 Å². The van der Waals surface area contributed by atoms with Gasteiger partial charge in [-0.1, -0.05) is 6.92 Å². The lowest BCUT2D eigenvalue weighted by molar-refractivity contribution is -0.138. The number of rotatable bonds is 3. The predicted molar refractivity (Wildman–Crippen MR) is 69.8 cm³/mol. The van der Waals surface area contributed by atoms with Crippen LogP contribution in [0, 0.1) is 17.3 Å². The Labute approximate surface area is 113 Å². The number of aliphatic carboxylic acids is 1. The second kappa shape index (κ2) is 4.39. The van der Waals surface area contributed by atoms with Gasteiger partial charge in [-0.2, -0.15) is 0 Å². The molecule has 2 aliphatic rings. The number of carboxylic acid groups (broad SMARTS) is 1. The third-order valence-electron chi connectivity index (χ3n) is 4.10. The number of amides is 1. The lowest BCUT2D eigenvalue weighted by Gasteiger charge is -2.41. The monoisotopic (exact) mass is 269 g/mol. The molecule has 1 aliphatic heterocycles. The molecule has 108 valence electrons. The standard InChI is InChI=1S/C14H23NO4/c1-9(5-11(16)17)10-6-14(10)7-15(8-14)12(18)19-13(2,3)4/h9-10H,5-8H2,1-4H3,(H,16,17). The molecule has 2 unspecified atom stereocenters. The summed E-state index contributed by atoms with van der Waals surface area (Å²) >= 11 is 0. The fraction of sp³-hybridized carbons (Fsp3) is 0.857. The second-order valence-corrected chi connectivity index (χ2v) is 7.08. The molecule has 1 heterocycles. The maximum atomic E-state index is 11.8. The highest BCUT2D eigenvalue weighted by molar-refractivity contribution is 5.70. The van der Waals surface area contributed by atoms with Gasteiger partial charge in [0.2, 0.25) is 0 Å². The zero-order chi connectivity index (χ0) is 14.4. The number of likely N-dealkylation sites (tertiary alicyclic amines) is 1. The highest BCUT2D eigenvalue weighted by Crippen LogP contribution is 2.62. The van der Waals surface area contributed by atoms with Crippen LogP contribution in [0.3, 0.4) is 0 Å². The van der Waals surface area contributed by atoms with Crippen molar-refractivity contribution in [3.63, 3.8) is 0 Å². The van der Waals surface area contributed by atoms with Gasteiger partial charge in [0.05, 0.1) is 0 Å². The zero-order valence-electron chi connectivity index (χ0n) is 12.1. The molecule has 1 saturated heterocycles. The number of hydrogen-bond acceptors (Lipinski definition) is 3. The first-order valence-electron chi connectivity index (χ1n) is 6.83. The van der Waals surface area contributed by atoms with Gasteiger partial charge in [0, 0.05) is 24.9 Å². The molecule has 2 atom stereocenters. The van der Waals surface area contributed by atoms with Crippen molar-refractivity contribution in [3.8, 4) is 0 Å². The van der Waals surface area contributed by atoms with E-state index >= 15 is 0 Å². The van der Waals surface area contributed by atoms with Crippen molar-refractivity contribution >= 4 is 12.1 Å². The van der Waals surface area contributed by atoms with Gasteiger partial charge in [0.25, 0.3) is 0 Å². The lowest BCUT2D eigenvalue weighted by Crippen LogP contribution is -2.54. The molecule has 1 saturated carbocycles. The van der Waals surface area contributed by atoms with Gasteiger partial charge >= 0.3 is 12.1 Å². The highest BCUT2D eigenvalue weighted by atomic mass is 16.6. The van der Waals surface area contributed by atoms with Gasteiger partial charge in [0.15, 0.2) is 0 Å². The maximum absolute atomic E-state index is 11.8. The van der Waals surface area contributed by atoms with Crippen molar-refractivity contribution in [2.75, 3.05) is 13.1 Å². The quantitative estimate of drug-likeness (QED) is 0.854. The van der Waals surface area contributed by atoms with Gasteiger partial charge in [0.1, 0.15) is 5.60 Å². The van der Waals surface area contributed by atoms with Crippen LogP contribution in [0.25, 0.3) is 0 Å². The molecule has 0 aromatic rings. The summed E-state index contributed by atoms with van der Waals surface area (Å²) in [5, 5.41) is 8.80. The number of carbonyl (C=O) groups is 2. The largest absolute Gasteiger partial charge is 0.481 e. The molecule has 0 aromatic heterocycles. The Kier molecular flexibility index (Phi) is 3.27. The van der Waals surface area contributed by atoms with Crippen LogP contribution in [0.4, 0.5) is 4.79 Å². The first-order chi connectivity index (χ1) is 8.63. The van der Waals surface area contributed by atoms with E-state index in [2.05, 4.69) is 0 Å². The van der Waals surface area contributed by atoms with Crippen molar-refractivity contribution in [2.24, 2.45) is 17.3 Å². The molecule has 2 rings (SSSR count). The number of carboxylic acids is 1. The van der Waals surface area contributed by atoms with Crippen LogP contribution in [0.15, 0.2) is 0 Å². The van der Waals surface area contributed by atoms with Gasteiger partial charge in [-0.3, -0.25) is 4.79 Å². The Bertz CT molecular complexity index is 393. The minimum absolute atomic E-state index is 0.186. The van der Waals surface area contributed by atoms with Crippen LogP contribution in [0.2, 0.25) is 0 Å². The van der Waals surface area contributed by atoms with Crippen molar-refractivity contribution in [1.82, 2.24) is 4.90 Å². The fourth-order valence-corrected chi connectivity index (χ4v) is 3.13. The van der Waals surface area contributed by atoms with Gasteiger partial charge < -0.3 is 14.7 Å². The Morgan fingerprint density at radius 2 is 2.00 bits per heavy atom. The fourth-order valence-electron chi connectivity index (χ4n) is 3.13. The predicted octanol–water partition coefficient (Wildman–Crippen LogP) is 2.35. The average Bonchev–Trinajstić information content (AvgIpc) is 2.85. The molecule has 5 nitrogen and oxygen atoms in total. The molecular formula is C14H23NO4. The molecule has 0 bridgehead atoms. The number of hydrogen-bond donors (Lipinski definition) is 1. The van der Waals surface area contributed by atoms with Gasteiger partial charge in [-0.15, -0.1) is 0 Å². The summed E-state index contributed by atoms with van der Waals surface area (Å²) in [4.78, 5) is 24.2. The molecule has 5 heteroatoms. The number of ether oxygens (including phenoxy) is 1. The third kappa shape index (κ3) is 3.01. The van der Waals surface area contributed by atoms with E-state index in [0.717, 1.165) is 19.5 Å². The summed E-state index contributed by atoms with van der Waals surface area (Å²) in [6.07, 6.45) is 1.01. The highest BCUT2D eigenvalue weighted by Gasteiger charge is 2.64. The van der Waals surface area contributed by atoms with Crippen LogP contribution < -0.4 is 0 Å². The maximum Gasteiger partial charge on any atom is 0.410 e.